The predicted molar refractivity (Wildman–Crippen MR) is 329 cm³/mol. The first-order valence-electron chi connectivity index (χ1n) is 30.8. The van der Waals surface area contributed by atoms with Crippen molar-refractivity contribution in [1.29, 1.82) is 0 Å². The van der Waals surface area contributed by atoms with Gasteiger partial charge < -0.3 is 14.2 Å². The average molecular weight is 1050 g/mol. The van der Waals surface area contributed by atoms with Crippen LogP contribution in [0.15, 0.2) is 146 Å². The summed E-state index contributed by atoms with van der Waals surface area (Å²) in [5.74, 6) is -0.961. The van der Waals surface area contributed by atoms with Crippen LogP contribution in [0.3, 0.4) is 0 Å². The van der Waals surface area contributed by atoms with Gasteiger partial charge in [-0.1, -0.05) is 256 Å². The summed E-state index contributed by atoms with van der Waals surface area (Å²) in [4.78, 5) is 37.9. The van der Waals surface area contributed by atoms with Crippen LogP contribution in [-0.2, 0) is 28.6 Å². The molecule has 0 N–H and O–H groups in total. The number of rotatable bonds is 54. The van der Waals surface area contributed by atoms with Gasteiger partial charge in [0.05, 0.1) is 0 Å². The molecule has 1 unspecified atom stereocenters. The lowest BCUT2D eigenvalue weighted by molar-refractivity contribution is -0.167. The van der Waals surface area contributed by atoms with Crippen molar-refractivity contribution < 1.29 is 28.6 Å². The summed E-state index contributed by atoms with van der Waals surface area (Å²) in [5.41, 5.74) is 0. The predicted octanol–water partition coefficient (Wildman–Crippen LogP) is 21.2. The van der Waals surface area contributed by atoms with E-state index >= 15 is 0 Å². The number of unbranched alkanes of at least 4 members (excludes halogenated alkanes) is 19. The largest absolute Gasteiger partial charge is 0.462 e. The lowest BCUT2D eigenvalue weighted by atomic mass is 10.1. The molecule has 428 valence electrons. The minimum Gasteiger partial charge on any atom is -0.462 e. The summed E-state index contributed by atoms with van der Waals surface area (Å²) in [5, 5.41) is 0. The molecule has 0 saturated heterocycles. The van der Waals surface area contributed by atoms with E-state index in [-0.39, 0.29) is 31.1 Å². The molecule has 0 rings (SSSR count). The van der Waals surface area contributed by atoms with Gasteiger partial charge in [-0.15, -0.1) is 0 Å². The summed E-state index contributed by atoms with van der Waals surface area (Å²) < 4.78 is 16.7. The summed E-state index contributed by atoms with van der Waals surface area (Å²) >= 11 is 0. The highest BCUT2D eigenvalue weighted by molar-refractivity contribution is 5.71. The molecule has 0 saturated carbocycles. The number of carbonyl (C=O) groups is 3. The fraction of sp³-hybridized carbons (Fsp3) is 0.614. The zero-order valence-electron chi connectivity index (χ0n) is 49.0. The van der Waals surface area contributed by atoms with Gasteiger partial charge in [-0.05, 0) is 128 Å². The Morgan fingerprint density at radius 1 is 0.276 bits per heavy atom. The van der Waals surface area contributed by atoms with Gasteiger partial charge >= 0.3 is 17.9 Å². The smallest absolute Gasteiger partial charge is 0.306 e. The number of hydrogen-bond acceptors (Lipinski definition) is 6. The highest BCUT2D eigenvalue weighted by Gasteiger charge is 2.19. The van der Waals surface area contributed by atoms with Crippen LogP contribution >= 0.6 is 0 Å². The van der Waals surface area contributed by atoms with Crippen LogP contribution in [0.4, 0.5) is 0 Å². The van der Waals surface area contributed by atoms with Gasteiger partial charge in [0.15, 0.2) is 6.10 Å². The third-order valence-electron chi connectivity index (χ3n) is 12.6. The van der Waals surface area contributed by atoms with Crippen molar-refractivity contribution in [3.8, 4) is 0 Å². The highest BCUT2D eigenvalue weighted by Crippen LogP contribution is 2.14. The Hall–Kier alpha value is -4.71. The Balaban J connectivity index is 4.23. The molecule has 0 radical (unpaired) electrons. The summed E-state index contributed by atoms with van der Waals surface area (Å²) in [7, 11) is 0. The summed E-state index contributed by atoms with van der Waals surface area (Å²) in [6, 6.07) is 0. The first-order chi connectivity index (χ1) is 37.5. The molecular weight excluding hydrogens is 937 g/mol. The van der Waals surface area contributed by atoms with Gasteiger partial charge in [0.1, 0.15) is 13.2 Å². The van der Waals surface area contributed by atoms with Crippen LogP contribution in [0.5, 0.6) is 0 Å². The third kappa shape index (κ3) is 60.2. The average Bonchev–Trinajstić information content (AvgIpc) is 3.42. The molecule has 76 heavy (non-hydrogen) atoms. The van der Waals surface area contributed by atoms with E-state index in [9.17, 15) is 14.4 Å². The van der Waals surface area contributed by atoms with Crippen molar-refractivity contribution in [2.45, 2.75) is 264 Å². The fourth-order valence-electron chi connectivity index (χ4n) is 7.97. The second kappa shape index (κ2) is 62.8. The molecule has 0 aromatic carbocycles. The molecule has 0 aromatic heterocycles. The van der Waals surface area contributed by atoms with E-state index in [0.29, 0.717) is 25.7 Å². The van der Waals surface area contributed by atoms with Gasteiger partial charge in [-0.25, -0.2) is 0 Å². The van der Waals surface area contributed by atoms with Crippen LogP contribution in [0.2, 0.25) is 0 Å². The van der Waals surface area contributed by atoms with E-state index in [1.165, 1.54) is 89.9 Å². The Morgan fingerprint density at radius 2 is 0.513 bits per heavy atom. The fourth-order valence-corrected chi connectivity index (χ4v) is 7.97. The molecule has 0 aromatic rings. The molecule has 0 heterocycles. The molecule has 0 aliphatic rings. The second-order valence-electron chi connectivity index (χ2n) is 19.9. The van der Waals surface area contributed by atoms with Crippen molar-refractivity contribution in [1.82, 2.24) is 0 Å². The molecular formula is C70H112O6. The van der Waals surface area contributed by atoms with Gasteiger partial charge in [0, 0.05) is 19.3 Å². The molecule has 6 nitrogen and oxygen atoms in total. The number of esters is 3. The van der Waals surface area contributed by atoms with E-state index in [2.05, 4.69) is 167 Å². The van der Waals surface area contributed by atoms with E-state index in [1.807, 2.05) is 0 Å². The number of carbonyl (C=O) groups excluding carboxylic acids is 3. The molecule has 0 amide bonds. The summed E-state index contributed by atoms with van der Waals surface area (Å²) in [6.07, 6.45) is 90.2. The first-order valence-corrected chi connectivity index (χ1v) is 30.8. The van der Waals surface area contributed by atoms with Crippen LogP contribution in [0, 0.1) is 0 Å². The molecule has 0 spiro atoms. The Bertz CT molecular complexity index is 1680. The van der Waals surface area contributed by atoms with Crippen LogP contribution in [0.1, 0.15) is 258 Å². The quantitative estimate of drug-likeness (QED) is 0.0261. The Labute approximate surface area is 467 Å². The van der Waals surface area contributed by atoms with Gasteiger partial charge in [-0.2, -0.15) is 0 Å². The normalized spacial score (nSPS) is 13.1. The molecule has 0 aliphatic carbocycles. The second-order valence-corrected chi connectivity index (χ2v) is 19.9. The lowest BCUT2D eigenvalue weighted by Crippen LogP contribution is -2.30. The zero-order chi connectivity index (χ0) is 55.0. The van der Waals surface area contributed by atoms with Crippen LogP contribution in [-0.4, -0.2) is 37.2 Å². The van der Waals surface area contributed by atoms with Crippen molar-refractivity contribution in [2.24, 2.45) is 0 Å². The minimum absolute atomic E-state index is 0.0975. The topological polar surface area (TPSA) is 78.9 Å². The Morgan fingerprint density at radius 3 is 0.855 bits per heavy atom. The van der Waals surface area contributed by atoms with Gasteiger partial charge in [0.25, 0.3) is 0 Å². The molecule has 0 fully saturated rings. The molecule has 0 aliphatic heterocycles. The van der Waals surface area contributed by atoms with E-state index in [4.69, 9.17) is 14.2 Å². The number of hydrogen-bond donors (Lipinski definition) is 0. The zero-order valence-corrected chi connectivity index (χ0v) is 49.0. The van der Waals surface area contributed by atoms with Crippen molar-refractivity contribution in [3.05, 3.63) is 146 Å². The van der Waals surface area contributed by atoms with Gasteiger partial charge in [-0.3, -0.25) is 14.4 Å². The maximum absolute atomic E-state index is 12.8. The van der Waals surface area contributed by atoms with Crippen molar-refractivity contribution >= 4 is 17.9 Å². The minimum atomic E-state index is -0.800. The SMILES string of the molecule is CC/C=C\C/C=C\C/C=C\C/C=C\C/C=C\C/C=C\C/C=C\C/C=C\C/C=C\C/C=C\CCCCC(=O)OCC(COC(=O)CCCCCCCC)OC(=O)CCCCCCCCCCC/C=C\C/C=C\CCCCC. The van der Waals surface area contributed by atoms with E-state index in [0.717, 1.165) is 122 Å². The number of allylic oxidation sites excluding steroid dienone is 24. The van der Waals surface area contributed by atoms with Crippen LogP contribution < -0.4 is 0 Å². The van der Waals surface area contributed by atoms with Crippen molar-refractivity contribution in [2.75, 3.05) is 13.2 Å². The highest BCUT2D eigenvalue weighted by atomic mass is 16.6. The van der Waals surface area contributed by atoms with E-state index in [1.54, 1.807) is 0 Å². The maximum Gasteiger partial charge on any atom is 0.306 e. The molecule has 1 atom stereocenters. The number of ether oxygens (including phenoxy) is 3. The van der Waals surface area contributed by atoms with Crippen molar-refractivity contribution in [3.63, 3.8) is 0 Å². The standard InChI is InChI=1S/C70H112O6/c1-4-7-10-13-16-18-20-22-24-26-28-29-30-31-32-33-34-35-36-37-38-39-40-41-43-44-46-48-50-52-54-57-60-63-69(72)75-66-67(65-74-68(71)62-59-56-15-12-9-6-3)76-70(73)64-61-58-55-53-51-49-47-45-42-27-25-23-21-19-17-14-11-8-5-2/h7,10,16-19,22-25,28-29,31-32,34-35,37-38,40-41,44,46,50,52,67H,4-6,8-9,11-15,20-21,26-27,30,33,36,39,42-43,45,47-49,51,53-66H2,1-3H3/b10-7-,18-16-,19-17-,24-22-,25-23-,29-28-,32-31-,35-34-,38-37-,41-40-,46-44-,52-50-. The van der Waals surface area contributed by atoms with Gasteiger partial charge in [0.2, 0.25) is 0 Å². The first kappa shape index (κ1) is 71.3. The van der Waals surface area contributed by atoms with Crippen LogP contribution in [0.25, 0.3) is 0 Å². The summed E-state index contributed by atoms with van der Waals surface area (Å²) in [6.45, 7) is 6.39. The Kier molecular flexibility index (Phi) is 58.9. The van der Waals surface area contributed by atoms with E-state index < -0.39 is 6.10 Å². The molecule has 0 bridgehead atoms. The molecule has 6 heteroatoms. The lowest BCUT2D eigenvalue weighted by Gasteiger charge is -2.18. The maximum atomic E-state index is 12.8. The third-order valence-corrected chi connectivity index (χ3v) is 12.6. The monoisotopic (exact) mass is 1050 g/mol.